The Morgan fingerprint density at radius 2 is 1.88 bits per heavy atom. The summed E-state index contributed by atoms with van der Waals surface area (Å²) in [5.41, 5.74) is 1.38. The summed E-state index contributed by atoms with van der Waals surface area (Å²) in [7, 11) is -3.15. The van der Waals surface area contributed by atoms with Crippen LogP contribution in [0.3, 0.4) is 0 Å². The van der Waals surface area contributed by atoms with Gasteiger partial charge in [-0.2, -0.15) is 5.10 Å². The molecule has 3 rings (SSSR count). The van der Waals surface area contributed by atoms with Crippen molar-refractivity contribution in [3.05, 3.63) is 48.3 Å². The number of piperidine rings is 1. The number of hydrogen-bond donors (Lipinski definition) is 1. The molecule has 2 heterocycles. The highest BCUT2D eigenvalue weighted by molar-refractivity contribution is 7.88. The summed E-state index contributed by atoms with van der Waals surface area (Å²) in [4.78, 5) is 12.3. The van der Waals surface area contributed by atoms with Gasteiger partial charge in [-0.3, -0.25) is 4.79 Å². The van der Waals surface area contributed by atoms with E-state index >= 15 is 0 Å². The maximum absolute atomic E-state index is 12.3. The summed E-state index contributed by atoms with van der Waals surface area (Å²) < 4.78 is 26.1. The molecule has 1 aromatic carbocycles. The third kappa shape index (κ3) is 3.82. The average Bonchev–Trinajstić information content (AvgIpc) is 3.05. The highest BCUT2D eigenvalue weighted by atomic mass is 32.2. The molecule has 1 N–H and O–H groups in total. The van der Waals surface area contributed by atoms with Gasteiger partial charge in [0, 0.05) is 25.3 Å². The van der Waals surface area contributed by atoms with Gasteiger partial charge in [-0.25, -0.2) is 17.4 Å². The van der Waals surface area contributed by atoms with Gasteiger partial charge in [0.05, 0.1) is 23.7 Å². The Balaban J connectivity index is 1.60. The zero-order chi connectivity index (χ0) is 17.2. The van der Waals surface area contributed by atoms with Crippen LogP contribution in [-0.4, -0.2) is 53.8 Å². The van der Waals surface area contributed by atoms with Gasteiger partial charge in [-0.15, -0.1) is 0 Å². The molecule has 0 radical (unpaired) electrons. The Kier molecular flexibility index (Phi) is 4.68. The summed E-state index contributed by atoms with van der Waals surface area (Å²) in [5, 5.41) is 7.17. The molecule has 0 unspecified atom stereocenters. The van der Waals surface area contributed by atoms with E-state index in [1.807, 2.05) is 30.3 Å². The van der Waals surface area contributed by atoms with Gasteiger partial charge < -0.3 is 5.32 Å². The highest BCUT2D eigenvalue weighted by Gasteiger charge is 2.26. The minimum absolute atomic E-state index is 0.0180. The quantitative estimate of drug-likeness (QED) is 0.894. The van der Waals surface area contributed by atoms with E-state index in [0.717, 1.165) is 5.69 Å². The van der Waals surface area contributed by atoms with Crippen molar-refractivity contribution in [2.75, 3.05) is 19.3 Å². The van der Waals surface area contributed by atoms with Gasteiger partial charge in [0.2, 0.25) is 10.0 Å². The smallest absolute Gasteiger partial charge is 0.254 e. The van der Waals surface area contributed by atoms with E-state index in [1.165, 1.54) is 16.8 Å². The standard InChI is InChI=1S/C16H20N4O3S/c1-24(22,23)19-9-7-14(8-10-19)18-16(21)13-11-17-20(12-13)15-5-3-2-4-6-15/h2-6,11-12,14H,7-10H2,1H3,(H,18,21). The molecule has 0 aliphatic carbocycles. The van der Waals surface area contributed by atoms with Gasteiger partial charge in [-0.05, 0) is 25.0 Å². The van der Waals surface area contributed by atoms with Crippen LogP contribution >= 0.6 is 0 Å². The van der Waals surface area contributed by atoms with Crippen molar-refractivity contribution in [2.24, 2.45) is 0 Å². The fourth-order valence-corrected chi connectivity index (χ4v) is 3.64. The number of nitrogens with one attached hydrogen (secondary N) is 1. The number of hydrogen-bond acceptors (Lipinski definition) is 4. The van der Waals surface area contributed by atoms with E-state index in [1.54, 1.807) is 10.9 Å². The van der Waals surface area contributed by atoms with E-state index in [0.29, 0.717) is 31.5 Å². The lowest BCUT2D eigenvalue weighted by molar-refractivity contribution is 0.0924. The zero-order valence-corrected chi connectivity index (χ0v) is 14.2. The SMILES string of the molecule is CS(=O)(=O)N1CCC(NC(=O)c2cnn(-c3ccccc3)c2)CC1. The van der Waals surface area contributed by atoms with Crippen molar-refractivity contribution in [2.45, 2.75) is 18.9 Å². The molecule has 0 atom stereocenters. The second kappa shape index (κ2) is 6.74. The molecule has 128 valence electrons. The monoisotopic (exact) mass is 348 g/mol. The van der Waals surface area contributed by atoms with E-state index < -0.39 is 10.0 Å². The van der Waals surface area contributed by atoms with Crippen LogP contribution in [0, 0.1) is 0 Å². The Hall–Kier alpha value is -2.19. The average molecular weight is 348 g/mol. The Bertz CT molecular complexity index is 809. The summed E-state index contributed by atoms with van der Waals surface area (Å²) in [5.74, 6) is -0.185. The molecule has 2 aromatic rings. The molecule has 1 saturated heterocycles. The number of para-hydroxylation sites is 1. The van der Waals surface area contributed by atoms with Crippen LogP contribution in [0.5, 0.6) is 0 Å². The Labute approximate surface area is 141 Å². The normalized spacial score (nSPS) is 16.9. The Morgan fingerprint density at radius 1 is 1.21 bits per heavy atom. The third-order valence-corrected chi connectivity index (χ3v) is 5.43. The molecule has 0 spiro atoms. The second-order valence-corrected chi connectivity index (χ2v) is 7.90. The minimum atomic E-state index is -3.15. The number of carbonyl (C=O) groups is 1. The zero-order valence-electron chi connectivity index (χ0n) is 13.4. The number of rotatable bonds is 4. The lowest BCUT2D eigenvalue weighted by Gasteiger charge is -2.30. The van der Waals surface area contributed by atoms with E-state index in [-0.39, 0.29) is 11.9 Å². The molecular weight excluding hydrogens is 328 g/mol. The minimum Gasteiger partial charge on any atom is -0.349 e. The first-order valence-corrected chi connectivity index (χ1v) is 9.64. The topological polar surface area (TPSA) is 84.3 Å². The first-order valence-electron chi connectivity index (χ1n) is 7.79. The number of carbonyl (C=O) groups excluding carboxylic acids is 1. The number of sulfonamides is 1. The number of aromatic nitrogens is 2. The van der Waals surface area contributed by atoms with Crippen LogP contribution in [0.25, 0.3) is 5.69 Å². The molecule has 1 aromatic heterocycles. The predicted octanol–water partition coefficient (Wildman–Crippen LogP) is 1.03. The van der Waals surface area contributed by atoms with Crippen molar-refractivity contribution >= 4 is 15.9 Å². The maximum Gasteiger partial charge on any atom is 0.254 e. The molecule has 24 heavy (non-hydrogen) atoms. The summed E-state index contributed by atoms with van der Waals surface area (Å²) in [6, 6.07) is 9.54. The van der Waals surface area contributed by atoms with Gasteiger partial charge in [0.25, 0.3) is 5.91 Å². The number of nitrogens with zero attached hydrogens (tertiary/aromatic N) is 3. The van der Waals surface area contributed by atoms with Crippen molar-refractivity contribution < 1.29 is 13.2 Å². The first-order chi connectivity index (χ1) is 11.4. The molecule has 0 saturated carbocycles. The molecule has 8 heteroatoms. The fraction of sp³-hybridized carbons (Fsp3) is 0.375. The van der Waals surface area contributed by atoms with Crippen LogP contribution in [-0.2, 0) is 10.0 Å². The van der Waals surface area contributed by atoms with Gasteiger partial charge >= 0.3 is 0 Å². The van der Waals surface area contributed by atoms with Crippen LogP contribution in [0.4, 0.5) is 0 Å². The van der Waals surface area contributed by atoms with Crippen LogP contribution in [0.15, 0.2) is 42.7 Å². The predicted molar refractivity (Wildman–Crippen MR) is 90.5 cm³/mol. The van der Waals surface area contributed by atoms with Crippen LogP contribution < -0.4 is 5.32 Å². The molecule has 1 fully saturated rings. The van der Waals surface area contributed by atoms with E-state index in [4.69, 9.17) is 0 Å². The van der Waals surface area contributed by atoms with Gasteiger partial charge in [0.1, 0.15) is 0 Å². The van der Waals surface area contributed by atoms with E-state index in [9.17, 15) is 13.2 Å². The fourth-order valence-electron chi connectivity index (χ4n) is 2.76. The lowest BCUT2D eigenvalue weighted by atomic mass is 10.1. The van der Waals surface area contributed by atoms with Crippen LogP contribution in [0.2, 0.25) is 0 Å². The van der Waals surface area contributed by atoms with Gasteiger partial charge in [-0.1, -0.05) is 18.2 Å². The molecule has 0 bridgehead atoms. The molecule has 1 amide bonds. The molecule has 1 aliphatic rings. The largest absolute Gasteiger partial charge is 0.349 e. The van der Waals surface area contributed by atoms with Crippen molar-refractivity contribution in [3.63, 3.8) is 0 Å². The van der Waals surface area contributed by atoms with Gasteiger partial charge in [0.15, 0.2) is 0 Å². The number of amides is 1. The lowest BCUT2D eigenvalue weighted by Crippen LogP contribution is -2.46. The van der Waals surface area contributed by atoms with Crippen molar-refractivity contribution in [3.8, 4) is 5.69 Å². The first kappa shape index (κ1) is 16.7. The Morgan fingerprint density at radius 3 is 2.50 bits per heavy atom. The molecule has 7 nitrogen and oxygen atoms in total. The molecule has 1 aliphatic heterocycles. The second-order valence-electron chi connectivity index (χ2n) is 5.92. The highest BCUT2D eigenvalue weighted by Crippen LogP contribution is 2.14. The summed E-state index contributed by atoms with van der Waals surface area (Å²) in [6.45, 7) is 0.875. The molecular formula is C16H20N4O3S. The van der Waals surface area contributed by atoms with E-state index in [2.05, 4.69) is 10.4 Å². The third-order valence-electron chi connectivity index (χ3n) is 4.12. The summed E-state index contributed by atoms with van der Waals surface area (Å²) >= 11 is 0. The summed E-state index contributed by atoms with van der Waals surface area (Å²) in [6.07, 6.45) is 5.67. The maximum atomic E-state index is 12.3. The number of benzene rings is 1. The van der Waals surface area contributed by atoms with Crippen molar-refractivity contribution in [1.82, 2.24) is 19.4 Å². The van der Waals surface area contributed by atoms with Crippen LogP contribution in [0.1, 0.15) is 23.2 Å². The van der Waals surface area contributed by atoms with Crippen molar-refractivity contribution in [1.29, 1.82) is 0 Å².